The topological polar surface area (TPSA) is 3.88 Å². The van der Waals surface area contributed by atoms with Crippen molar-refractivity contribution >= 4 is 25.7 Å². The number of pyridine rings is 1. The fourth-order valence-corrected chi connectivity index (χ4v) is 2.83. The molecule has 0 atom stereocenters. The molecule has 0 spiro atoms. The predicted octanol–water partition coefficient (Wildman–Crippen LogP) is 1.41. The third-order valence-corrected chi connectivity index (χ3v) is 3.98. The van der Waals surface area contributed by atoms with Gasteiger partial charge in [-0.15, -0.1) is 0 Å². The molecule has 0 aliphatic rings. The van der Waals surface area contributed by atoms with Gasteiger partial charge in [0.25, 0.3) is 0 Å². The molecule has 74 valence electrons. The van der Waals surface area contributed by atoms with Crippen LogP contribution in [0.1, 0.15) is 5.56 Å². The van der Waals surface area contributed by atoms with E-state index in [4.69, 9.17) is 0 Å². The molecular weight excluding hydrogens is 249 g/mol. The van der Waals surface area contributed by atoms with Gasteiger partial charge in [-0.2, -0.15) is 0 Å². The molecule has 0 unspecified atom stereocenters. The number of hydrogen-bond donors (Lipinski definition) is 0. The minimum atomic E-state index is 0.334. The standard InChI is InChI=1S/C13H12NSe/c1-2-12-8-10-14(11-9-12)15-13-6-4-3-5-7-13/h2-11H,1H2/q+1. The van der Waals surface area contributed by atoms with Crippen molar-refractivity contribution < 1.29 is 3.58 Å². The van der Waals surface area contributed by atoms with Crippen molar-refractivity contribution in [2.24, 2.45) is 0 Å². The summed E-state index contributed by atoms with van der Waals surface area (Å²) < 4.78 is 3.59. The second-order valence-corrected chi connectivity index (χ2v) is 5.36. The van der Waals surface area contributed by atoms with Crippen molar-refractivity contribution in [2.75, 3.05) is 0 Å². The summed E-state index contributed by atoms with van der Waals surface area (Å²) in [6.45, 7) is 3.74. The summed E-state index contributed by atoms with van der Waals surface area (Å²) in [6, 6.07) is 14.7. The summed E-state index contributed by atoms with van der Waals surface area (Å²) in [4.78, 5) is 0. The third kappa shape index (κ3) is 2.79. The van der Waals surface area contributed by atoms with Gasteiger partial charge in [-0.3, -0.25) is 0 Å². The fraction of sp³-hybridized carbons (Fsp3) is 0. The SMILES string of the molecule is C=Cc1cc[n+]([Se]c2ccccc2)cc1. The number of benzene rings is 1. The number of aromatic nitrogens is 1. The first-order valence-electron chi connectivity index (χ1n) is 4.75. The maximum atomic E-state index is 3.74. The minimum absolute atomic E-state index is 0.334. The van der Waals surface area contributed by atoms with Gasteiger partial charge in [0.05, 0.1) is 0 Å². The Kier molecular flexibility index (Phi) is 3.33. The van der Waals surface area contributed by atoms with Gasteiger partial charge in [0.15, 0.2) is 0 Å². The van der Waals surface area contributed by atoms with Gasteiger partial charge in [-0.25, -0.2) is 0 Å². The average Bonchev–Trinajstić information content (AvgIpc) is 2.31. The zero-order chi connectivity index (χ0) is 10.5. The van der Waals surface area contributed by atoms with Gasteiger partial charge >= 0.3 is 96.3 Å². The first-order chi connectivity index (χ1) is 7.38. The first-order valence-corrected chi connectivity index (χ1v) is 6.38. The molecule has 15 heavy (non-hydrogen) atoms. The molecule has 0 saturated heterocycles. The summed E-state index contributed by atoms with van der Waals surface area (Å²) in [7, 11) is 0. The molecule has 0 saturated carbocycles. The molecule has 1 nitrogen and oxygen atoms in total. The Labute approximate surface area is 96.5 Å². The molecule has 2 rings (SSSR count). The van der Waals surface area contributed by atoms with Gasteiger partial charge in [-0.05, 0) is 0 Å². The number of nitrogens with zero attached hydrogens (tertiary/aromatic N) is 1. The zero-order valence-electron chi connectivity index (χ0n) is 8.34. The molecular formula is C13H12NSe+. The Morgan fingerprint density at radius 2 is 1.67 bits per heavy atom. The van der Waals surface area contributed by atoms with E-state index in [-0.39, 0.29) is 0 Å². The Bertz CT molecular complexity index is 434. The van der Waals surface area contributed by atoms with Crippen LogP contribution in [0.2, 0.25) is 0 Å². The van der Waals surface area contributed by atoms with Crippen LogP contribution in [0.3, 0.4) is 0 Å². The summed E-state index contributed by atoms with van der Waals surface area (Å²) in [6.07, 6.45) is 6.06. The molecule has 0 fully saturated rings. The van der Waals surface area contributed by atoms with Crippen LogP contribution >= 0.6 is 0 Å². The van der Waals surface area contributed by atoms with Crippen LogP contribution in [0.25, 0.3) is 6.08 Å². The number of rotatable bonds is 3. The third-order valence-electron chi connectivity index (χ3n) is 2.02. The summed E-state index contributed by atoms with van der Waals surface area (Å²) in [5.41, 5.74) is 1.16. The van der Waals surface area contributed by atoms with Crippen molar-refractivity contribution in [3.05, 3.63) is 67.0 Å². The van der Waals surface area contributed by atoms with Crippen LogP contribution < -0.4 is 8.05 Å². The van der Waals surface area contributed by atoms with Crippen molar-refractivity contribution in [1.82, 2.24) is 0 Å². The van der Waals surface area contributed by atoms with Crippen LogP contribution in [0.4, 0.5) is 0 Å². The van der Waals surface area contributed by atoms with Crippen LogP contribution in [0.15, 0.2) is 61.4 Å². The van der Waals surface area contributed by atoms with E-state index >= 15 is 0 Å². The van der Waals surface area contributed by atoms with Crippen LogP contribution in [0, 0.1) is 0 Å². The van der Waals surface area contributed by atoms with Crippen molar-refractivity contribution in [3.8, 4) is 0 Å². The van der Waals surface area contributed by atoms with E-state index in [9.17, 15) is 0 Å². The van der Waals surface area contributed by atoms with Gasteiger partial charge in [-0.1, -0.05) is 0 Å². The fourth-order valence-electron chi connectivity index (χ4n) is 1.22. The van der Waals surface area contributed by atoms with Crippen molar-refractivity contribution in [2.45, 2.75) is 0 Å². The van der Waals surface area contributed by atoms with E-state index in [2.05, 4.69) is 59.0 Å². The van der Waals surface area contributed by atoms with E-state index in [1.165, 1.54) is 4.46 Å². The van der Waals surface area contributed by atoms with Gasteiger partial charge in [0.1, 0.15) is 0 Å². The van der Waals surface area contributed by atoms with Crippen molar-refractivity contribution in [3.63, 3.8) is 0 Å². The molecule has 1 aromatic carbocycles. The molecule has 0 amide bonds. The van der Waals surface area contributed by atoms with E-state index in [1.54, 1.807) is 0 Å². The average molecular weight is 261 g/mol. The van der Waals surface area contributed by atoms with E-state index in [0.717, 1.165) is 5.56 Å². The monoisotopic (exact) mass is 262 g/mol. The molecule has 1 heterocycles. The first kappa shape index (κ1) is 10.2. The quantitative estimate of drug-likeness (QED) is 0.736. The Hall–Kier alpha value is -1.37. The van der Waals surface area contributed by atoms with Crippen LogP contribution in [-0.2, 0) is 0 Å². The molecule has 0 N–H and O–H groups in total. The molecule has 0 bridgehead atoms. The summed E-state index contributed by atoms with van der Waals surface area (Å²) >= 11 is 0.334. The summed E-state index contributed by atoms with van der Waals surface area (Å²) in [5, 5.41) is 0. The van der Waals surface area contributed by atoms with Gasteiger partial charge in [0.2, 0.25) is 0 Å². The van der Waals surface area contributed by atoms with Crippen LogP contribution in [-0.4, -0.2) is 15.2 Å². The molecule has 0 aliphatic carbocycles. The van der Waals surface area contributed by atoms with Gasteiger partial charge < -0.3 is 0 Å². The van der Waals surface area contributed by atoms with Gasteiger partial charge in [0, 0.05) is 0 Å². The van der Waals surface area contributed by atoms with E-state index < -0.39 is 0 Å². The Morgan fingerprint density at radius 3 is 2.27 bits per heavy atom. The predicted molar refractivity (Wildman–Crippen MR) is 64.0 cm³/mol. The normalized spacial score (nSPS) is 9.87. The second-order valence-electron chi connectivity index (χ2n) is 3.10. The van der Waals surface area contributed by atoms with E-state index in [0.29, 0.717) is 15.2 Å². The Balaban J connectivity index is 2.15. The van der Waals surface area contributed by atoms with E-state index in [1.807, 2.05) is 12.1 Å². The molecule has 0 aliphatic heterocycles. The van der Waals surface area contributed by atoms with Crippen molar-refractivity contribution in [1.29, 1.82) is 0 Å². The molecule has 2 aromatic rings. The second kappa shape index (κ2) is 4.92. The zero-order valence-corrected chi connectivity index (χ0v) is 10.0. The molecule has 1 aromatic heterocycles. The Morgan fingerprint density at radius 1 is 1.00 bits per heavy atom. The van der Waals surface area contributed by atoms with Crippen LogP contribution in [0.5, 0.6) is 0 Å². The summed E-state index contributed by atoms with van der Waals surface area (Å²) in [5.74, 6) is 0. The molecule has 0 radical (unpaired) electrons. The number of hydrogen-bond acceptors (Lipinski definition) is 0. The molecule has 2 heteroatoms. The maximum absolute atomic E-state index is 3.74.